The summed E-state index contributed by atoms with van der Waals surface area (Å²) in [7, 11) is 0. The average molecular weight is 184 g/mol. The van der Waals surface area contributed by atoms with E-state index in [2.05, 4.69) is 0 Å². The number of rotatable bonds is 3. The molecule has 2 nitrogen and oxygen atoms in total. The van der Waals surface area contributed by atoms with Crippen LogP contribution >= 0.6 is 0 Å². The van der Waals surface area contributed by atoms with Gasteiger partial charge in [0, 0.05) is 12.0 Å². The minimum absolute atomic E-state index is 0.0438. The first kappa shape index (κ1) is 9.64. The fourth-order valence-corrected chi connectivity index (χ4v) is 1.11. The molecule has 0 aliphatic heterocycles. The lowest BCUT2D eigenvalue weighted by Crippen LogP contribution is -2.14. The fraction of sp³-hybridized carbons (Fsp3) is 0.222. The molecule has 0 heterocycles. The number of nitrogens with two attached hydrogens (primary N) is 1. The molecule has 0 aromatic heterocycles. The summed E-state index contributed by atoms with van der Waals surface area (Å²) < 4.78 is 24.7. The molecular weight excluding hydrogens is 174 g/mol. The van der Waals surface area contributed by atoms with Crippen molar-refractivity contribution in [1.82, 2.24) is 0 Å². The van der Waals surface area contributed by atoms with Crippen molar-refractivity contribution in [3.8, 4) is 0 Å². The fourth-order valence-electron chi connectivity index (χ4n) is 1.11. The van der Waals surface area contributed by atoms with Crippen molar-refractivity contribution in [2.75, 3.05) is 0 Å². The molecule has 4 heteroatoms. The van der Waals surface area contributed by atoms with Gasteiger partial charge in [0.1, 0.15) is 0 Å². The molecule has 1 aromatic rings. The molecule has 1 rings (SSSR count). The molecule has 3 N–H and O–H groups in total. The van der Waals surface area contributed by atoms with Crippen molar-refractivity contribution in [3.05, 3.63) is 35.4 Å². The highest BCUT2D eigenvalue weighted by molar-refractivity contribution is 5.79. The molecule has 0 saturated heterocycles. The highest BCUT2D eigenvalue weighted by Gasteiger charge is 2.11. The van der Waals surface area contributed by atoms with Crippen LogP contribution in [0.2, 0.25) is 0 Å². The van der Waals surface area contributed by atoms with Crippen molar-refractivity contribution in [2.24, 2.45) is 5.73 Å². The van der Waals surface area contributed by atoms with Crippen LogP contribution in [0.5, 0.6) is 0 Å². The maximum absolute atomic E-state index is 12.4. The zero-order chi connectivity index (χ0) is 9.84. The third-order valence-corrected chi connectivity index (χ3v) is 1.67. The van der Waals surface area contributed by atoms with Gasteiger partial charge in [-0.15, -0.1) is 0 Å². The van der Waals surface area contributed by atoms with E-state index in [0.717, 1.165) is 0 Å². The topological polar surface area (TPSA) is 49.9 Å². The normalized spacial score (nSPS) is 10.4. The molecule has 13 heavy (non-hydrogen) atoms. The van der Waals surface area contributed by atoms with E-state index in [-0.39, 0.29) is 17.8 Å². The van der Waals surface area contributed by atoms with Crippen LogP contribution in [0, 0.1) is 5.41 Å². The molecule has 1 aromatic carbocycles. The number of amidine groups is 1. The van der Waals surface area contributed by atoms with E-state index in [1.165, 1.54) is 6.07 Å². The maximum Gasteiger partial charge on any atom is 0.264 e. The lowest BCUT2D eigenvalue weighted by Gasteiger charge is -2.06. The van der Waals surface area contributed by atoms with Crippen molar-refractivity contribution in [1.29, 1.82) is 5.41 Å². The molecule has 0 amide bonds. The van der Waals surface area contributed by atoms with Crippen LogP contribution in [-0.2, 0) is 6.42 Å². The van der Waals surface area contributed by atoms with Gasteiger partial charge in [-0.2, -0.15) is 0 Å². The van der Waals surface area contributed by atoms with Crippen LogP contribution in [0.1, 0.15) is 17.6 Å². The third-order valence-electron chi connectivity index (χ3n) is 1.67. The molecule has 0 unspecified atom stereocenters. The first-order valence-corrected chi connectivity index (χ1v) is 3.80. The van der Waals surface area contributed by atoms with Crippen LogP contribution in [0.4, 0.5) is 8.78 Å². The summed E-state index contributed by atoms with van der Waals surface area (Å²) in [6, 6.07) is 6.11. The van der Waals surface area contributed by atoms with Crippen molar-refractivity contribution >= 4 is 5.84 Å². The highest BCUT2D eigenvalue weighted by atomic mass is 19.3. The van der Waals surface area contributed by atoms with Gasteiger partial charge in [0.05, 0.1) is 5.84 Å². The Kier molecular flexibility index (Phi) is 2.95. The van der Waals surface area contributed by atoms with Crippen molar-refractivity contribution in [2.45, 2.75) is 12.8 Å². The van der Waals surface area contributed by atoms with Crippen molar-refractivity contribution in [3.63, 3.8) is 0 Å². The Labute approximate surface area is 74.9 Å². The Hall–Kier alpha value is -1.45. The van der Waals surface area contributed by atoms with Crippen LogP contribution in [0.3, 0.4) is 0 Å². The summed E-state index contributed by atoms with van der Waals surface area (Å²) in [6.45, 7) is 0. The summed E-state index contributed by atoms with van der Waals surface area (Å²) in [5.74, 6) is -0.104. The zero-order valence-corrected chi connectivity index (χ0v) is 6.93. The number of benzene rings is 1. The minimum atomic E-state index is -2.50. The first-order chi connectivity index (χ1) is 6.11. The van der Waals surface area contributed by atoms with E-state index >= 15 is 0 Å². The summed E-state index contributed by atoms with van der Waals surface area (Å²) in [5.41, 5.74) is 5.51. The SMILES string of the molecule is N=C(N)Cc1ccccc1C(F)F. The zero-order valence-electron chi connectivity index (χ0n) is 6.93. The van der Waals surface area contributed by atoms with E-state index < -0.39 is 6.43 Å². The smallest absolute Gasteiger partial charge is 0.264 e. The second kappa shape index (κ2) is 3.98. The quantitative estimate of drug-likeness (QED) is 0.548. The second-order valence-electron chi connectivity index (χ2n) is 2.70. The predicted molar refractivity (Wildman–Crippen MR) is 47.0 cm³/mol. The van der Waals surface area contributed by atoms with Gasteiger partial charge in [0.2, 0.25) is 0 Å². The lowest BCUT2D eigenvalue weighted by atomic mass is 10.0. The second-order valence-corrected chi connectivity index (χ2v) is 2.70. The molecule has 0 saturated carbocycles. The average Bonchev–Trinajstić information content (AvgIpc) is 2.03. The Morgan fingerprint density at radius 3 is 2.54 bits per heavy atom. The first-order valence-electron chi connectivity index (χ1n) is 3.80. The third kappa shape index (κ3) is 2.50. The van der Waals surface area contributed by atoms with Crippen molar-refractivity contribution < 1.29 is 8.78 Å². The van der Waals surface area contributed by atoms with Gasteiger partial charge in [-0.25, -0.2) is 8.78 Å². The maximum atomic E-state index is 12.4. The molecule has 0 aliphatic carbocycles. The Balaban J connectivity index is 2.97. The molecule has 0 fully saturated rings. The molecule has 0 radical (unpaired) electrons. The van der Waals surface area contributed by atoms with Gasteiger partial charge in [-0.1, -0.05) is 24.3 Å². The highest BCUT2D eigenvalue weighted by Crippen LogP contribution is 2.22. The number of alkyl halides is 2. The van der Waals surface area contributed by atoms with Crippen LogP contribution in [-0.4, -0.2) is 5.84 Å². The van der Waals surface area contributed by atoms with E-state index in [1.807, 2.05) is 0 Å². The molecular formula is C9H10F2N2. The molecule has 0 bridgehead atoms. The Morgan fingerprint density at radius 2 is 2.00 bits per heavy atom. The lowest BCUT2D eigenvalue weighted by molar-refractivity contribution is 0.150. The number of halogens is 2. The minimum Gasteiger partial charge on any atom is -0.387 e. The van der Waals surface area contributed by atoms with Gasteiger partial charge in [0.15, 0.2) is 0 Å². The summed E-state index contributed by atoms with van der Waals surface area (Å²) in [4.78, 5) is 0. The van der Waals surface area contributed by atoms with E-state index in [0.29, 0.717) is 5.56 Å². The van der Waals surface area contributed by atoms with E-state index in [1.54, 1.807) is 18.2 Å². The number of hydrogen-bond donors (Lipinski definition) is 2. The predicted octanol–water partition coefficient (Wildman–Crippen LogP) is 2.10. The van der Waals surface area contributed by atoms with Crippen LogP contribution < -0.4 is 5.73 Å². The van der Waals surface area contributed by atoms with Gasteiger partial charge < -0.3 is 5.73 Å². The van der Waals surface area contributed by atoms with Gasteiger partial charge >= 0.3 is 0 Å². The van der Waals surface area contributed by atoms with Gasteiger partial charge in [-0.05, 0) is 5.56 Å². The monoisotopic (exact) mass is 184 g/mol. The van der Waals surface area contributed by atoms with Gasteiger partial charge in [0.25, 0.3) is 6.43 Å². The molecule has 70 valence electrons. The van der Waals surface area contributed by atoms with Crippen LogP contribution in [0.25, 0.3) is 0 Å². The largest absolute Gasteiger partial charge is 0.387 e. The number of nitrogens with one attached hydrogen (secondary N) is 1. The Morgan fingerprint density at radius 1 is 1.38 bits per heavy atom. The molecule has 0 atom stereocenters. The van der Waals surface area contributed by atoms with Gasteiger partial charge in [-0.3, -0.25) is 5.41 Å². The summed E-state index contributed by atoms with van der Waals surface area (Å²) >= 11 is 0. The molecule has 0 aliphatic rings. The molecule has 0 spiro atoms. The van der Waals surface area contributed by atoms with Crippen LogP contribution in [0.15, 0.2) is 24.3 Å². The van der Waals surface area contributed by atoms with E-state index in [9.17, 15) is 8.78 Å². The van der Waals surface area contributed by atoms with E-state index in [4.69, 9.17) is 11.1 Å². The summed E-state index contributed by atoms with van der Waals surface area (Å²) in [5, 5.41) is 7.00. The standard InChI is InChI=1S/C9H10F2N2/c10-9(11)7-4-2-1-3-6(7)5-8(12)13/h1-4,9H,5H2,(H3,12,13). The number of hydrogen-bond acceptors (Lipinski definition) is 1. The Bertz CT molecular complexity index is 310. The summed E-state index contributed by atoms with van der Waals surface area (Å²) in [6.07, 6.45) is -2.42.